The summed E-state index contributed by atoms with van der Waals surface area (Å²) in [7, 11) is 1.61. The Morgan fingerprint density at radius 2 is 2.26 bits per heavy atom. The van der Waals surface area contributed by atoms with E-state index in [1.54, 1.807) is 7.11 Å². The van der Waals surface area contributed by atoms with Gasteiger partial charge in [-0.2, -0.15) is 0 Å². The Hall–Kier alpha value is -1.07. The number of anilines is 1. The van der Waals surface area contributed by atoms with E-state index < -0.39 is 0 Å². The van der Waals surface area contributed by atoms with Gasteiger partial charge in [0.1, 0.15) is 5.75 Å². The molecular formula is C14H19BrN2O2. The van der Waals surface area contributed by atoms with E-state index in [1.807, 2.05) is 26.0 Å². The van der Waals surface area contributed by atoms with Gasteiger partial charge in [-0.15, -0.1) is 0 Å². The highest BCUT2D eigenvalue weighted by molar-refractivity contribution is 9.10. The van der Waals surface area contributed by atoms with Gasteiger partial charge < -0.3 is 15.4 Å². The molecule has 4 nitrogen and oxygen atoms in total. The average Bonchev–Trinajstić information content (AvgIpc) is 2.78. The van der Waals surface area contributed by atoms with Crippen molar-refractivity contribution in [1.29, 1.82) is 0 Å². The van der Waals surface area contributed by atoms with Crippen molar-refractivity contribution >= 4 is 27.5 Å². The van der Waals surface area contributed by atoms with Crippen LogP contribution < -0.4 is 15.4 Å². The molecular weight excluding hydrogens is 308 g/mol. The Bertz CT molecular complexity index is 491. The van der Waals surface area contributed by atoms with Gasteiger partial charge in [-0.1, -0.05) is 15.9 Å². The van der Waals surface area contributed by atoms with Gasteiger partial charge in [-0.25, -0.2) is 0 Å². The summed E-state index contributed by atoms with van der Waals surface area (Å²) in [5, 5.41) is 6.29. The van der Waals surface area contributed by atoms with Crippen molar-refractivity contribution in [3.05, 3.63) is 22.2 Å². The molecule has 2 N–H and O–H groups in total. The van der Waals surface area contributed by atoms with Crippen molar-refractivity contribution < 1.29 is 9.53 Å². The van der Waals surface area contributed by atoms with Crippen LogP contribution in [0.5, 0.6) is 5.75 Å². The monoisotopic (exact) mass is 326 g/mol. The van der Waals surface area contributed by atoms with Crippen LogP contribution in [-0.4, -0.2) is 25.6 Å². The molecule has 0 aromatic heterocycles. The molecule has 1 fully saturated rings. The molecule has 1 saturated heterocycles. The number of benzene rings is 1. The number of aryl methyl sites for hydroxylation is 1. The first-order chi connectivity index (χ1) is 9.02. The lowest BCUT2D eigenvalue weighted by atomic mass is 10.0. The summed E-state index contributed by atoms with van der Waals surface area (Å²) in [5.41, 5.74) is 1.74. The summed E-state index contributed by atoms with van der Waals surface area (Å²) in [6, 6.07) is 4.05. The number of nitrogens with one attached hydrogen (secondary N) is 2. The number of rotatable bonds is 3. The molecule has 0 saturated carbocycles. The number of hydrogen-bond acceptors (Lipinski definition) is 3. The fourth-order valence-electron chi connectivity index (χ4n) is 2.47. The van der Waals surface area contributed by atoms with E-state index in [0.29, 0.717) is 5.75 Å². The molecule has 0 bridgehead atoms. The van der Waals surface area contributed by atoms with Crippen molar-refractivity contribution in [3.63, 3.8) is 0 Å². The van der Waals surface area contributed by atoms with Gasteiger partial charge in [-0.05, 0) is 44.5 Å². The first kappa shape index (κ1) is 14.3. The first-order valence-electron chi connectivity index (χ1n) is 6.41. The van der Waals surface area contributed by atoms with Gasteiger partial charge in [0.25, 0.3) is 0 Å². The zero-order chi connectivity index (χ0) is 14.0. The molecule has 1 aliphatic rings. The minimum absolute atomic E-state index is 0.0211. The standard InChI is InChI=1S/C14H19BrN2O2/c1-8-6-10(15)7-12(19-3)13(8)17-14(18)11-4-5-16-9(11)2/h6-7,9,11,16H,4-5H2,1-3H3,(H,17,18). The van der Waals surface area contributed by atoms with Crippen LogP contribution in [0.4, 0.5) is 5.69 Å². The topological polar surface area (TPSA) is 50.4 Å². The molecule has 1 heterocycles. The Morgan fingerprint density at radius 1 is 1.53 bits per heavy atom. The van der Waals surface area contributed by atoms with E-state index in [9.17, 15) is 4.79 Å². The van der Waals surface area contributed by atoms with Crippen molar-refractivity contribution in [3.8, 4) is 5.75 Å². The van der Waals surface area contributed by atoms with Crippen molar-refractivity contribution in [2.24, 2.45) is 5.92 Å². The largest absolute Gasteiger partial charge is 0.495 e. The Kier molecular flexibility index (Phi) is 4.47. The second-order valence-electron chi connectivity index (χ2n) is 4.93. The van der Waals surface area contributed by atoms with E-state index in [0.717, 1.165) is 28.7 Å². The molecule has 2 unspecified atom stereocenters. The Labute approximate surface area is 122 Å². The van der Waals surface area contributed by atoms with Crippen molar-refractivity contribution in [2.45, 2.75) is 26.3 Å². The summed E-state index contributed by atoms with van der Waals surface area (Å²) >= 11 is 3.43. The lowest BCUT2D eigenvalue weighted by molar-refractivity contribution is -0.120. The van der Waals surface area contributed by atoms with Gasteiger partial charge >= 0.3 is 0 Å². The second-order valence-corrected chi connectivity index (χ2v) is 5.84. The van der Waals surface area contributed by atoms with E-state index in [1.165, 1.54) is 0 Å². The molecule has 1 amide bonds. The summed E-state index contributed by atoms with van der Waals surface area (Å²) in [6.07, 6.45) is 0.880. The zero-order valence-electron chi connectivity index (χ0n) is 11.4. The third-order valence-corrected chi connectivity index (χ3v) is 4.05. The number of ether oxygens (including phenoxy) is 1. The van der Waals surface area contributed by atoms with Crippen LogP contribution in [0.15, 0.2) is 16.6 Å². The third-order valence-electron chi connectivity index (χ3n) is 3.59. The second kappa shape index (κ2) is 5.92. The van der Waals surface area contributed by atoms with Crippen LogP contribution in [0.2, 0.25) is 0 Å². The molecule has 19 heavy (non-hydrogen) atoms. The Morgan fingerprint density at radius 3 is 2.84 bits per heavy atom. The molecule has 1 aromatic carbocycles. The maximum absolute atomic E-state index is 12.3. The smallest absolute Gasteiger partial charge is 0.229 e. The summed E-state index contributed by atoms with van der Waals surface area (Å²) in [5.74, 6) is 0.757. The lowest BCUT2D eigenvalue weighted by Gasteiger charge is -2.18. The lowest BCUT2D eigenvalue weighted by Crippen LogP contribution is -2.32. The van der Waals surface area contributed by atoms with Crippen molar-refractivity contribution in [1.82, 2.24) is 5.32 Å². The highest BCUT2D eigenvalue weighted by atomic mass is 79.9. The van der Waals surface area contributed by atoms with E-state index in [2.05, 4.69) is 26.6 Å². The number of carbonyl (C=O) groups excluding carboxylic acids is 1. The maximum atomic E-state index is 12.3. The number of halogens is 1. The van der Waals surface area contributed by atoms with Gasteiger partial charge in [0.15, 0.2) is 0 Å². The van der Waals surface area contributed by atoms with Crippen molar-refractivity contribution in [2.75, 3.05) is 19.0 Å². The summed E-state index contributed by atoms with van der Waals surface area (Å²) in [6.45, 7) is 4.90. The van der Waals surface area contributed by atoms with Gasteiger partial charge in [0.2, 0.25) is 5.91 Å². The van der Waals surface area contributed by atoms with Crippen LogP contribution in [0, 0.1) is 12.8 Å². The summed E-state index contributed by atoms with van der Waals surface area (Å²) in [4.78, 5) is 12.3. The molecule has 1 aliphatic heterocycles. The summed E-state index contributed by atoms with van der Waals surface area (Å²) < 4.78 is 6.28. The average molecular weight is 327 g/mol. The van der Waals surface area contributed by atoms with E-state index in [-0.39, 0.29) is 17.9 Å². The SMILES string of the molecule is COc1cc(Br)cc(C)c1NC(=O)C1CCNC1C. The predicted octanol–water partition coefficient (Wildman–Crippen LogP) is 2.70. The normalized spacial score (nSPS) is 22.3. The predicted molar refractivity (Wildman–Crippen MR) is 79.6 cm³/mol. The van der Waals surface area contributed by atoms with Crippen LogP contribution in [0.25, 0.3) is 0 Å². The molecule has 5 heteroatoms. The minimum atomic E-state index is 0.0211. The number of carbonyl (C=O) groups is 1. The molecule has 0 radical (unpaired) electrons. The van der Waals surface area contributed by atoms with Crippen LogP contribution in [-0.2, 0) is 4.79 Å². The molecule has 0 aliphatic carbocycles. The highest BCUT2D eigenvalue weighted by Crippen LogP contribution is 2.33. The zero-order valence-corrected chi connectivity index (χ0v) is 13.0. The van der Waals surface area contributed by atoms with Gasteiger partial charge in [-0.3, -0.25) is 4.79 Å². The number of hydrogen-bond donors (Lipinski definition) is 2. The van der Waals surface area contributed by atoms with E-state index >= 15 is 0 Å². The molecule has 1 aromatic rings. The van der Waals surface area contributed by atoms with Crippen LogP contribution >= 0.6 is 15.9 Å². The van der Waals surface area contributed by atoms with E-state index in [4.69, 9.17) is 4.74 Å². The highest BCUT2D eigenvalue weighted by Gasteiger charge is 2.30. The quantitative estimate of drug-likeness (QED) is 0.897. The van der Waals surface area contributed by atoms with Crippen LogP contribution in [0.3, 0.4) is 0 Å². The van der Waals surface area contributed by atoms with Crippen LogP contribution in [0.1, 0.15) is 18.9 Å². The first-order valence-corrected chi connectivity index (χ1v) is 7.20. The molecule has 2 atom stereocenters. The maximum Gasteiger partial charge on any atom is 0.229 e. The fraction of sp³-hybridized carbons (Fsp3) is 0.500. The molecule has 104 valence electrons. The van der Waals surface area contributed by atoms with Gasteiger partial charge in [0.05, 0.1) is 18.7 Å². The number of amides is 1. The molecule has 0 spiro atoms. The third kappa shape index (κ3) is 3.09. The molecule has 2 rings (SSSR count). The Balaban J connectivity index is 2.21. The minimum Gasteiger partial charge on any atom is -0.495 e. The number of methoxy groups -OCH3 is 1. The fourth-order valence-corrected chi connectivity index (χ4v) is 3.02. The van der Waals surface area contributed by atoms with Gasteiger partial charge in [0, 0.05) is 10.5 Å².